The Labute approximate surface area is 115 Å². The van der Waals surface area contributed by atoms with Crippen molar-refractivity contribution in [1.29, 1.82) is 0 Å². The number of aromatic nitrogens is 1. The maximum absolute atomic E-state index is 12.0. The van der Waals surface area contributed by atoms with Gasteiger partial charge in [-0.3, -0.25) is 4.98 Å². The van der Waals surface area contributed by atoms with Gasteiger partial charge in [-0.2, -0.15) is 0 Å². The quantitative estimate of drug-likeness (QED) is 0.911. The summed E-state index contributed by atoms with van der Waals surface area (Å²) in [6.07, 6.45) is 3.55. The van der Waals surface area contributed by atoms with Crippen LogP contribution in [-0.2, 0) is 15.6 Å². The molecule has 0 bridgehead atoms. The van der Waals surface area contributed by atoms with E-state index in [0.29, 0.717) is 17.4 Å². The molecule has 4 nitrogen and oxygen atoms in total. The Bertz CT molecular complexity index is 444. The van der Waals surface area contributed by atoms with Crippen molar-refractivity contribution in [2.24, 2.45) is 5.92 Å². The predicted octanol–water partition coefficient (Wildman–Crippen LogP) is 1.42. The Balaban J connectivity index is 0.00000162. The van der Waals surface area contributed by atoms with Crippen molar-refractivity contribution in [3.63, 3.8) is 0 Å². The molecule has 2 heterocycles. The Morgan fingerprint density at radius 3 is 2.61 bits per heavy atom. The minimum atomic E-state index is -3.02. The molecule has 0 aliphatic carbocycles. The number of hydrogen-bond acceptors (Lipinski definition) is 4. The highest BCUT2D eigenvalue weighted by Crippen LogP contribution is 2.16. The van der Waals surface area contributed by atoms with Crippen molar-refractivity contribution in [3.05, 3.63) is 30.1 Å². The number of sulfone groups is 1. The third-order valence-corrected chi connectivity index (χ3v) is 4.76. The van der Waals surface area contributed by atoms with Crippen molar-refractivity contribution < 1.29 is 8.42 Å². The van der Waals surface area contributed by atoms with Gasteiger partial charge in [-0.05, 0) is 44.0 Å². The normalized spacial score (nSPS) is 17.1. The average Bonchev–Trinajstić information content (AvgIpc) is 2.30. The number of rotatable bonds is 4. The number of nitrogens with one attached hydrogen (secondary N) is 1. The van der Waals surface area contributed by atoms with Crippen molar-refractivity contribution in [2.75, 3.05) is 18.8 Å². The molecule has 6 heteroatoms. The summed E-state index contributed by atoms with van der Waals surface area (Å²) >= 11 is 0. The molecule has 0 aromatic carbocycles. The van der Waals surface area contributed by atoms with E-state index in [2.05, 4.69) is 10.3 Å². The summed E-state index contributed by atoms with van der Waals surface area (Å²) in [5, 5.41) is 3.24. The monoisotopic (exact) mass is 290 g/mol. The summed E-state index contributed by atoms with van der Waals surface area (Å²) in [6, 6.07) is 5.38. The lowest BCUT2D eigenvalue weighted by Crippen LogP contribution is -2.31. The molecule has 0 unspecified atom stereocenters. The van der Waals surface area contributed by atoms with Gasteiger partial charge < -0.3 is 5.32 Å². The topological polar surface area (TPSA) is 59.1 Å². The number of hydrogen-bond donors (Lipinski definition) is 1. The zero-order valence-corrected chi connectivity index (χ0v) is 11.8. The molecule has 1 aromatic heterocycles. The SMILES string of the molecule is Cl.O=S(=O)(Cc1ccccn1)CC1CCNCC1. The van der Waals surface area contributed by atoms with Crippen molar-refractivity contribution in [1.82, 2.24) is 10.3 Å². The van der Waals surface area contributed by atoms with Gasteiger partial charge in [0.15, 0.2) is 9.84 Å². The molecule has 0 amide bonds. The number of halogens is 1. The first-order valence-electron chi connectivity index (χ1n) is 5.97. The largest absolute Gasteiger partial charge is 0.317 e. The van der Waals surface area contributed by atoms with E-state index in [9.17, 15) is 8.42 Å². The maximum atomic E-state index is 12.0. The molecule has 1 fully saturated rings. The standard InChI is InChI=1S/C12H18N2O2S.ClH/c15-17(16,9-11-4-7-13-8-5-11)10-12-3-1-2-6-14-12;/h1-3,6,11,13H,4-5,7-10H2;1H. The minimum absolute atomic E-state index is 0. The lowest BCUT2D eigenvalue weighted by atomic mass is 10.0. The number of pyridine rings is 1. The van der Waals surface area contributed by atoms with E-state index >= 15 is 0 Å². The van der Waals surface area contributed by atoms with Crippen LogP contribution in [0.15, 0.2) is 24.4 Å². The maximum Gasteiger partial charge on any atom is 0.156 e. The summed E-state index contributed by atoms with van der Waals surface area (Å²) in [5.41, 5.74) is 0.640. The Morgan fingerprint density at radius 1 is 1.28 bits per heavy atom. The van der Waals surface area contributed by atoms with Crippen LogP contribution in [0.3, 0.4) is 0 Å². The van der Waals surface area contributed by atoms with Crippen molar-refractivity contribution in [2.45, 2.75) is 18.6 Å². The fraction of sp³-hybridized carbons (Fsp3) is 0.583. The Hall–Kier alpha value is -0.650. The number of nitrogens with zero attached hydrogens (tertiary/aromatic N) is 1. The van der Waals surface area contributed by atoms with Gasteiger partial charge in [-0.25, -0.2) is 8.42 Å². The van der Waals surface area contributed by atoms with E-state index in [1.54, 1.807) is 18.3 Å². The van der Waals surface area contributed by atoms with Crippen LogP contribution in [0.1, 0.15) is 18.5 Å². The third-order valence-electron chi connectivity index (χ3n) is 3.04. The molecule has 0 radical (unpaired) electrons. The molecule has 0 atom stereocenters. The van der Waals surface area contributed by atoms with Crippen LogP contribution in [0.2, 0.25) is 0 Å². The summed E-state index contributed by atoms with van der Waals surface area (Å²) in [6.45, 7) is 1.87. The molecule has 18 heavy (non-hydrogen) atoms. The van der Waals surface area contributed by atoms with Gasteiger partial charge in [0.2, 0.25) is 0 Å². The van der Waals surface area contributed by atoms with Gasteiger partial charge in [0.05, 0.1) is 17.2 Å². The molecular formula is C12H19ClN2O2S. The second-order valence-electron chi connectivity index (χ2n) is 4.57. The van der Waals surface area contributed by atoms with E-state index in [0.717, 1.165) is 25.9 Å². The second-order valence-corrected chi connectivity index (χ2v) is 6.68. The summed E-state index contributed by atoms with van der Waals surface area (Å²) < 4.78 is 24.0. The fourth-order valence-corrected chi connectivity index (χ4v) is 3.97. The van der Waals surface area contributed by atoms with Gasteiger partial charge in [-0.1, -0.05) is 6.07 Å². The van der Waals surface area contributed by atoms with E-state index in [1.807, 2.05) is 6.07 Å². The third kappa shape index (κ3) is 4.92. The van der Waals surface area contributed by atoms with E-state index < -0.39 is 9.84 Å². The first-order chi connectivity index (χ1) is 8.16. The van der Waals surface area contributed by atoms with E-state index in [1.165, 1.54) is 0 Å². The lowest BCUT2D eigenvalue weighted by Gasteiger charge is -2.22. The highest BCUT2D eigenvalue weighted by atomic mass is 35.5. The van der Waals surface area contributed by atoms with Crippen molar-refractivity contribution >= 4 is 22.2 Å². The zero-order valence-electron chi connectivity index (χ0n) is 10.2. The van der Waals surface area contributed by atoms with Gasteiger partial charge in [-0.15, -0.1) is 12.4 Å². The smallest absolute Gasteiger partial charge is 0.156 e. The zero-order chi connectivity index (χ0) is 12.1. The predicted molar refractivity (Wildman–Crippen MR) is 74.6 cm³/mol. The molecule has 0 spiro atoms. The highest BCUT2D eigenvalue weighted by Gasteiger charge is 2.21. The molecule has 1 aliphatic rings. The highest BCUT2D eigenvalue weighted by molar-refractivity contribution is 7.90. The van der Waals surface area contributed by atoms with E-state index in [4.69, 9.17) is 0 Å². The van der Waals surface area contributed by atoms with Crippen LogP contribution in [0.5, 0.6) is 0 Å². The first-order valence-corrected chi connectivity index (χ1v) is 7.79. The van der Waals surface area contributed by atoms with Gasteiger partial charge in [0, 0.05) is 6.20 Å². The second kappa shape index (κ2) is 7.07. The van der Waals surface area contributed by atoms with E-state index in [-0.39, 0.29) is 18.2 Å². The van der Waals surface area contributed by atoms with Crippen LogP contribution in [0.4, 0.5) is 0 Å². The summed E-state index contributed by atoms with van der Waals surface area (Å²) in [5.74, 6) is 0.674. The molecular weight excluding hydrogens is 272 g/mol. The van der Waals surface area contributed by atoms with Crippen LogP contribution < -0.4 is 5.32 Å². The van der Waals surface area contributed by atoms with Crippen molar-refractivity contribution in [3.8, 4) is 0 Å². The minimum Gasteiger partial charge on any atom is -0.317 e. The lowest BCUT2D eigenvalue weighted by molar-refractivity contribution is 0.401. The molecule has 1 saturated heterocycles. The average molecular weight is 291 g/mol. The molecule has 1 N–H and O–H groups in total. The van der Waals surface area contributed by atoms with Gasteiger partial charge in [0.1, 0.15) is 0 Å². The first kappa shape index (κ1) is 15.4. The van der Waals surface area contributed by atoms with Gasteiger partial charge >= 0.3 is 0 Å². The molecule has 0 saturated carbocycles. The van der Waals surface area contributed by atoms with Crippen LogP contribution in [-0.4, -0.2) is 32.2 Å². The Morgan fingerprint density at radius 2 is 2.00 bits per heavy atom. The van der Waals surface area contributed by atoms with Crippen LogP contribution in [0.25, 0.3) is 0 Å². The van der Waals surface area contributed by atoms with Crippen LogP contribution >= 0.6 is 12.4 Å². The number of piperidine rings is 1. The molecule has 102 valence electrons. The Kier molecular flexibility index (Phi) is 6.05. The van der Waals surface area contributed by atoms with Gasteiger partial charge in [0.25, 0.3) is 0 Å². The molecule has 1 aliphatic heterocycles. The summed E-state index contributed by atoms with van der Waals surface area (Å²) in [7, 11) is -3.02. The molecule has 2 rings (SSSR count). The van der Waals surface area contributed by atoms with Crippen LogP contribution in [0, 0.1) is 5.92 Å². The fourth-order valence-electron chi connectivity index (χ4n) is 2.18. The summed E-state index contributed by atoms with van der Waals surface area (Å²) in [4.78, 5) is 4.07. The molecule has 1 aromatic rings.